The summed E-state index contributed by atoms with van der Waals surface area (Å²) in [6.45, 7) is 3.00. The van der Waals surface area contributed by atoms with E-state index in [9.17, 15) is 13.2 Å². The number of nitrogens with zero attached hydrogens (tertiary/aromatic N) is 1. The molecule has 0 amide bonds. The summed E-state index contributed by atoms with van der Waals surface area (Å²) in [6.07, 6.45) is -0.769. The molecule has 2 saturated heterocycles. The predicted octanol–water partition coefficient (Wildman–Crippen LogP) is 3.10. The van der Waals surface area contributed by atoms with Crippen LogP contribution in [0.1, 0.15) is 36.8 Å². The van der Waals surface area contributed by atoms with Gasteiger partial charge in [-0.15, -0.1) is 0 Å². The fraction of sp³-hybridized carbons (Fsp3) is 0.650. The van der Waals surface area contributed by atoms with E-state index in [1.165, 1.54) is 12.1 Å². The number of halogens is 3. The van der Waals surface area contributed by atoms with Crippen molar-refractivity contribution in [2.24, 2.45) is 4.99 Å². The van der Waals surface area contributed by atoms with Crippen LogP contribution < -0.4 is 10.6 Å². The highest BCUT2D eigenvalue weighted by Gasteiger charge is 2.37. The summed E-state index contributed by atoms with van der Waals surface area (Å²) in [4.78, 5) is 4.24. The Kier molecular flexibility index (Phi) is 6.82. The average Bonchev–Trinajstić information content (AvgIpc) is 3.22. The summed E-state index contributed by atoms with van der Waals surface area (Å²) >= 11 is 0. The molecule has 5 nitrogen and oxygen atoms in total. The Morgan fingerprint density at radius 1 is 1.21 bits per heavy atom. The van der Waals surface area contributed by atoms with Gasteiger partial charge in [0.2, 0.25) is 0 Å². The number of aliphatic imine (C=N–C) groups is 1. The fourth-order valence-electron chi connectivity index (χ4n) is 3.84. The minimum atomic E-state index is -4.35. The molecule has 1 aromatic rings. The first-order valence-electron chi connectivity index (χ1n) is 9.75. The van der Waals surface area contributed by atoms with Gasteiger partial charge in [0.15, 0.2) is 5.96 Å². The molecule has 0 aliphatic carbocycles. The molecule has 8 heteroatoms. The maximum absolute atomic E-state index is 13.2. The van der Waals surface area contributed by atoms with Crippen LogP contribution in [0.3, 0.4) is 0 Å². The van der Waals surface area contributed by atoms with Gasteiger partial charge in [-0.05, 0) is 37.3 Å². The molecule has 1 unspecified atom stereocenters. The molecule has 1 atom stereocenters. The van der Waals surface area contributed by atoms with Crippen LogP contribution in [0, 0.1) is 0 Å². The number of hydrogen-bond acceptors (Lipinski definition) is 3. The van der Waals surface area contributed by atoms with Crippen LogP contribution in [0.5, 0.6) is 0 Å². The van der Waals surface area contributed by atoms with Crippen molar-refractivity contribution in [2.75, 3.05) is 40.0 Å². The lowest BCUT2D eigenvalue weighted by molar-refractivity contribution is -0.137. The zero-order valence-electron chi connectivity index (χ0n) is 16.1. The summed E-state index contributed by atoms with van der Waals surface area (Å²) < 4.78 is 50.7. The van der Waals surface area contributed by atoms with Crippen LogP contribution in [-0.2, 0) is 21.1 Å². The van der Waals surface area contributed by atoms with Gasteiger partial charge in [-0.25, -0.2) is 0 Å². The van der Waals surface area contributed by atoms with Crippen LogP contribution in [0.4, 0.5) is 13.2 Å². The average molecular weight is 399 g/mol. The van der Waals surface area contributed by atoms with Crippen molar-refractivity contribution < 1.29 is 22.6 Å². The van der Waals surface area contributed by atoms with E-state index in [0.29, 0.717) is 50.7 Å². The zero-order chi connectivity index (χ0) is 20.0. The number of hydrogen-bond donors (Lipinski definition) is 2. The third-order valence-corrected chi connectivity index (χ3v) is 5.59. The first-order chi connectivity index (χ1) is 13.4. The second-order valence-electron chi connectivity index (χ2n) is 7.41. The monoisotopic (exact) mass is 399 g/mol. The zero-order valence-corrected chi connectivity index (χ0v) is 16.1. The molecule has 2 fully saturated rings. The Morgan fingerprint density at radius 3 is 2.64 bits per heavy atom. The molecular formula is C20H28F3N3O2. The predicted molar refractivity (Wildman–Crippen MR) is 102 cm³/mol. The number of guanidine groups is 1. The molecule has 1 aromatic carbocycles. The molecule has 0 radical (unpaired) electrons. The number of nitrogens with one attached hydrogen (secondary N) is 2. The summed E-state index contributed by atoms with van der Waals surface area (Å²) in [5.74, 6) is 0.633. The lowest BCUT2D eigenvalue weighted by atomic mass is 9.73. The summed E-state index contributed by atoms with van der Waals surface area (Å²) in [6, 6.07) is 5.66. The van der Waals surface area contributed by atoms with E-state index in [0.717, 1.165) is 25.5 Å². The van der Waals surface area contributed by atoms with Gasteiger partial charge in [0.1, 0.15) is 0 Å². The first-order valence-corrected chi connectivity index (χ1v) is 9.75. The molecule has 0 aromatic heterocycles. The molecule has 0 bridgehead atoms. The third kappa shape index (κ3) is 5.17. The molecule has 2 N–H and O–H groups in total. The highest BCUT2D eigenvalue weighted by molar-refractivity contribution is 5.79. The molecule has 2 aliphatic heterocycles. The van der Waals surface area contributed by atoms with Gasteiger partial charge >= 0.3 is 6.18 Å². The highest BCUT2D eigenvalue weighted by Crippen LogP contribution is 2.37. The van der Waals surface area contributed by atoms with E-state index in [1.54, 1.807) is 13.1 Å². The number of ether oxygens (including phenoxy) is 2. The number of benzene rings is 1. The van der Waals surface area contributed by atoms with Crippen molar-refractivity contribution in [1.82, 2.24) is 10.6 Å². The van der Waals surface area contributed by atoms with Crippen molar-refractivity contribution in [3.63, 3.8) is 0 Å². The molecule has 156 valence electrons. The Hall–Kier alpha value is -1.80. The molecule has 0 spiro atoms. The van der Waals surface area contributed by atoms with Crippen LogP contribution in [0.15, 0.2) is 29.3 Å². The second kappa shape index (κ2) is 9.13. The van der Waals surface area contributed by atoms with Crippen LogP contribution >= 0.6 is 0 Å². The molecule has 0 saturated carbocycles. The standard InChI is InChI=1S/C20H28F3N3O2/c1-24-18(25-13-17-6-3-9-28-17)26-14-19(7-10-27-11-8-19)15-4-2-5-16(12-15)20(21,22)23/h2,4-5,12,17H,3,6-11,13-14H2,1H3,(H2,24,25,26). The van der Waals surface area contributed by atoms with E-state index in [1.807, 2.05) is 0 Å². The lowest BCUT2D eigenvalue weighted by Gasteiger charge is -2.38. The van der Waals surface area contributed by atoms with Crippen molar-refractivity contribution >= 4 is 5.96 Å². The van der Waals surface area contributed by atoms with E-state index in [-0.39, 0.29) is 6.10 Å². The second-order valence-corrected chi connectivity index (χ2v) is 7.41. The van der Waals surface area contributed by atoms with Gasteiger partial charge < -0.3 is 20.1 Å². The van der Waals surface area contributed by atoms with Crippen LogP contribution in [0.2, 0.25) is 0 Å². The number of alkyl halides is 3. The largest absolute Gasteiger partial charge is 0.416 e. The third-order valence-electron chi connectivity index (χ3n) is 5.59. The van der Waals surface area contributed by atoms with Gasteiger partial charge in [-0.3, -0.25) is 4.99 Å². The lowest BCUT2D eigenvalue weighted by Crippen LogP contribution is -2.49. The Labute approximate surface area is 163 Å². The van der Waals surface area contributed by atoms with E-state index in [4.69, 9.17) is 9.47 Å². The Balaban J connectivity index is 1.70. The smallest absolute Gasteiger partial charge is 0.381 e. The minimum absolute atomic E-state index is 0.180. The van der Waals surface area contributed by atoms with Gasteiger partial charge in [-0.1, -0.05) is 18.2 Å². The van der Waals surface area contributed by atoms with Gasteiger partial charge in [0, 0.05) is 45.4 Å². The van der Waals surface area contributed by atoms with Gasteiger partial charge in [0.05, 0.1) is 11.7 Å². The Morgan fingerprint density at radius 2 is 2.00 bits per heavy atom. The molecule has 2 heterocycles. The molecule has 28 heavy (non-hydrogen) atoms. The summed E-state index contributed by atoms with van der Waals surface area (Å²) in [5, 5.41) is 6.57. The normalized spacial score (nSPS) is 22.9. The first kappa shape index (κ1) is 20.9. The van der Waals surface area contributed by atoms with Crippen molar-refractivity contribution in [1.29, 1.82) is 0 Å². The van der Waals surface area contributed by atoms with Crippen molar-refractivity contribution in [3.8, 4) is 0 Å². The molecule has 3 rings (SSSR count). The van der Waals surface area contributed by atoms with Crippen molar-refractivity contribution in [2.45, 2.75) is 43.4 Å². The molecular weight excluding hydrogens is 371 g/mol. The quantitative estimate of drug-likeness (QED) is 0.590. The fourth-order valence-corrected chi connectivity index (χ4v) is 3.84. The maximum atomic E-state index is 13.2. The summed E-state index contributed by atoms with van der Waals surface area (Å²) in [5.41, 5.74) is -0.356. The van der Waals surface area contributed by atoms with E-state index in [2.05, 4.69) is 15.6 Å². The van der Waals surface area contributed by atoms with Gasteiger partial charge in [0.25, 0.3) is 0 Å². The minimum Gasteiger partial charge on any atom is -0.381 e. The van der Waals surface area contributed by atoms with Gasteiger partial charge in [-0.2, -0.15) is 13.2 Å². The SMILES string of the molecule is CN=C(NCC1CCCO1)NCC1(c2cccc(C(F)(F)F)c2)CCOCC1. The Bertz CT molecular complexity index is 667. The van der Waals surface area contributed by atoms with Crippen LogP contribution in [-0.4, -0.2) is 52.0 Å². The van der Waals surface area contributed by atoms with Crippen LogP contribution in [0.25, 0.3) is 0 Å². The molecule has 2 aliphatic rings. The maximum Gasteiger partial charge on any atom is 0.416 e. The number of rotatable bonds is 5. The highest BCUT2D eigenvalue weighted by atomic mass is 19.4. The van der Waals surface area contributed by atoms with Crippen molar-refractivity contribution in [3.05, 3.63) is 35.4 Å². The topological polar surface area (TPSA) is 54.9 Å². The van der Waals surface area contributed by atoms with E-state index < -0.39 is 17.2 Å². The summed E-state index contributed by atoms with van der Waals surface area (Å²) in [7, 11) is 1.69. The van der Waals surface area contributed by atoms with E-state index >= 15 is 0 Å².